The number of rotatable bonds is 4. The van der Waals surface area contributed by atoms with Crippen molar-refractivity contribution in [3.63, 3.8) is 0 Å². The molecule has 0 bridgehead atoms. The number of benzene rings is 2. The number of amides is 1. The Labute approximate surface area is 154 Å². The summed E-state index contributed by atoms with van der Waals surface area (Å²) < 4.78 is 6.94. The minimum absolute atomic E-state index is 0.108. The van der Waals surface area contributed by atoms with Crippen LogP contribution in [0.4, 0.5) is 0 Å². The molecule has 2 N–H and O–H groups in total. The fraction of sp³-hybridized carbons (Fsp3) is 0.250. The highest BCUT2D eigenvalue weighted by atomic mass is 16.5. The second-order valence-electron chi connectivity index (χ2n) is 6.50. The number of hydrogen-bond acceptors (Lipinski definition) is 4. The molecule has 1 aromatic heterocycles. The Kier molecular flexibility index (Phi) is 4.27. The lowest BCUT2D eigenvalue weighted by atomic mass is 10.1. The number of nitrogens with one attached hydrogen (secondary N) is 2. The highest BCUT2D eigenvalue weighted by Gasteiger charge is 2.23. The topological polar surface area (TPSA) is 93.2 Å². The Hall–Kier alpha value is -3.35. The van der Waals surface area contributed by atoms with Gasteiger partial charge in [-0.3, -0.25) is 14.2 Å². The van der Waals surface area contributed by atoms with E-state index < -0.39 is 5.69 Å². The Morgan fingerprint density at radius 3 is 2.85 bits per heavy atom. The van der Waals surface area contributed by atoms with Crippen LogP contribution in [0, 0.1) is 0 Å². The monoisotopic (exact) mass is 365 g/mol. The summed E-state index contributed by atoms with van der Waals surface area (Å²) in [6.45, 7) is 2.39. The Morgan fingerprint density at radius 1 is 1.26 bits per heavy atom. The summed E-state index contributed by atoms with van der Waals surface area (Å²) in [5.41, 5.74) is 1.02. The molecule has 1 atom stereocenters. The smallest absolute Gasteiger partial charge is 0.328 e. The fourth-order valence-electron chi connectivity index (χ4n) is 3.36. The largest absolute Gasteiger partial charge is 0.488 e. The Bertz CT molecular complexity index is 1120. The number of fused-ring (bicyclic) bond motifs is 2. The van der Waals surface area contributed by atoms with E-state index >= 15 is 0 Å². The van der Waals surface area contributed by atoms with Gasteiger partial charge in [-0.25, -0.2) is 4.79 Å². The molecule has 0 spiro atoms. The first kappa shape index (κ1) is 17.1. The number of carbonyl (C=O) groups excluding carboxylic acids is 1. The lowest BCUT2D eigenvalue weighted by Gasteiger charge is -2.12. The van der Waals surface area contributed by atoms with Gasteiger partial charge in [-0.15, -0.1) is 0 Å². The summed E-state index contributed by atoms with van der Waals surface area (Å²) in [7, 11) is 0. The average Bonchev–Trinajstić information content (AvgIpc) is 3.09. The van der Waals surface area contributed by atoms with Crippen LogP contribution in [-0.4, -0.2) is 28.1 Å². The molecule has 2 aromatic carbocycles. The van der Waals surface area contributed by atoms with Gasteiger partial charge in [0.25, 0.3) is 11.5 Å². The van der Waals surface area contributed by atoms with Gasteiger partial charge < -0.3 is 15.0 Å². The van der Waals surface area contributed by atoms with Gasteiger partial charge in [-0.05, 0) is 36.8 Å². The first-order valence-electron chi connectivity index (χ1n) is 8.86. The van der Waals surface area contributed by atoms with E-state index in [0.717, 1.165) is 22.3 Å². The number of ether oxygens (including phenoxy) is 1. The first-order valence-corrected chi connectivity index (χ1v) is 8.86. The highest BCUT2D eigenvalue weighted by Crippen LogP contribution is 2.27. The van der Waals surface area contributed by atoms with Crippen molar-refractivity contribution in [2.24, 2.45) is 0 Å². The third-order valence-corrected chi connectivity index (χ3v) is 4.76. The number of aromatic nitrogens is 2. The van der Waals surface area contributed by atoms with Crippen molar-refractivity contribution in [2.75, 3.05) is 6.54 Å². The molecular weight excluding hydrogens is 346 g/mol. The van der Waals surface area contributed by atoms with Gasteiger partial charge in [0, 0.05) is 18.5 Å². The van der Waals surface area contributed by atoms with Gasteiger partial charge in [0.15, 0.2) is 0 Å². The van der Waals surface area contributed by atoms with E-state index in [0.29, 0.717) is 23.0 Å². The van der Waals surface area contributed by atoms with Crippen molar-refractivity contribution in [1.29, 1.82) is 0 Å². The molecule has 1 amide bonds. The molecule has 3 aromatic rings. The summed E-state index contributed by atoms with van der Waals surface area (Å²) in [6, 6.07) is 12.5. The zero-order valence-corrected chi connectivity index (χ0v) is 14.8. The molecule has 27 heavy (non-hydrogen) atoms. The van der Waals surface area contributed by atoms with E-state index in [4.69, 9.17) is 4.74 Å². The van der Waals surface area contributed by atoms with Crippen molar-refractivity contribution in [1.82, 2.24) is 14.9 Å². The van der Waals surface area contributed by atoms with Gasteiger partial charge in [0.05, 0.1) is 17.4 Å². The lowest BCUT2D eigenvalue weighted by Crippen LogP contribution is -2.35. The van der Waals surface area contributed by atoms with Crippen molar-refractivity contribution < 1.29 is 9.53 Å². The maximum atomic E-state index is 12.5. The number of carbonyl (C=O) groups is 1. The van der Waals surface area contributed by atoms with E-state index in [2.05, 4.69) is 10.3 Å². The van der Waals surface area contributed by atoms with Crippen LogP contribution in [0.5, 0.6) is 5.75 Å². The van der Waals surface area contributed by atoms with E-state index in [9.17, 15) is 14.4 Å². The predicted octanol–water partition coefficient (Wildman–Crippen LogP) is 1.44. The van der Waals surface area contributed by atoms with Crippen molar-refractivity contribution in [3.8, 4) is 5.75 Å². The molecule has 1 aliphatic heterocycles. The van der Waals surface area contributed by atoms with Gasteiger partial charge in [0.2, 0.25) is 0 Å². The van der Waals surface area contributed by atoms with Crippen LogP contribution in [0.25, 0.3) is 10.9 Å². The number of H-pyrrole nitrogens is 1. The average molecular weight is 365 g/mol. The molecule has 0 saturated carbocycles. The van der Waals surface area contributed by atoms with Crippen LogP contribution in [0.3, 0.4) is 0 Å². The van der Waals surface area contributed by atoms with Gasteiger partial charge in [-0.2, -0.15) is 0 Å². The second-order valence-corrected chi connectivity index (χ2v) is 6.50. The van der Waals surface area contributed by atoms with Crippen LogP contribution >= 0.6 is 0 Å². The lowest BCUT2D eigenvalue weighted by molar-refractivity contribution is 0.0933. The van der Waals surface area contributed by atoms with Crippen LogP contribution < -0.4 is 21.3 Å². The summed E-state index contributed by atoms with van der Waals surface area (Å²) in [4.78, 5) is 39.4. The van der Waals surface area contributed by atoms with Crippen LogP contribution in [0.2, 0.25) is 0 Å². The maximum absolute atomic E-state index is 12.5. The molecule has 0 saturated heterocycles. The van der Waals surface area contributed by atoms with Gasteiger partial charge >= 0.3 is 5.69 Å². The predicted molar refractivity (Wildman–Crippen MR) is 101 cm³/mol. The zero-order valence-electron chi connectivity index (χ0n) is 14.8. The molecule has 0 radical (unpaired) electrons. The molecule has 2 heterocycles. The van der Waals surface area contributed by atoms with Crippen LogP contribution in [0.15, 0.2) is 52.1 Å². The van der Waals surface area contributed by atoms with Gasteiger partial charge in [-0.1, -0.05) is 18.2 Å². The molecule has 0 fully saturated rings. The molecule has 138 valence electrons. The SMILES string of the molecule is CCn1c(=O)[nH]c2cc(C(=O)NC[C@H]3Cc4ccccc4O3)ccc2c1=O. The highest BCUT2D eigenvalue weighted by molar-refractivity contribution is 5.97. The van der Waals surface area contributed by atoms with E-state index in [1.165, 1.54) is 6.07 Å². The third-order valence-electron chi connectivity index (χ3n) is 4.76. The standard InChI is InChI=1S/C20H19N3O4/c1-2-23-19(25)15-8-7-13(10-16(15)22-20(23)26)18(24)21-11-14-9-12-5-3-4-6-17(12)27-14/h3-8,10,14H,2,9,11H2,1H3,(H,21,24)(H,22,26)/t14-/m1/s1. The van der Waals surface area contributed by atoms with E-state index in [1.807, 2.05) is 24.3 Å². The Morgan fingerprint density at radius 2 is 2.07 bits per heavy atom. The Balaban J connectivity index is 1.50. The number of para-hydroxylation sites is 1. The minimum atomic E-state index is -0.482. The summed E-state index contributed by atoms with van der Waals surface area (Å²) in [5, 5.41) is 3.23. The number of aromatic amines is 1. The third kappa shape index (κ3) is 3.12. The van der Waals surface area contributed by atoms with Crippen LogP contribution in [0.1, 0.15) is 22.8 Å². The zero-order chi connectivity index (χ0) is 19.0. The molecule has 0 unspecified atom stereocenters. The number of hydrogen-bond donors (Lipinski definition) is 2. The minimum Gasteiger partial charge on any atom is -0.488 e. The van der Waals surface area contributed by atoms with Crippen molar-refractivity contribution >= 4 is 16.8 Å². The van der Waals surface area contributed by atoms with E-state index in [-0.39, 0.29) is 24.1 Å². The fourth-order valence-corrected chi connectivity index (χ4v) is 3.36. The summed E-state index contributed by atoms with van der Waals surface area (Å²) in [5.74, 6) is 0.573. The van der Waals surface area contributed by atoms with E-state index in [1.54, 1.807) is 19.1 Å². The quantitative estimate of drug-likeness (QED) is 0.732. The van der Waals surface area contributed by atoms with Crippen molar-refractivity contribution in [3.05, 3.63) is 74.4 Å². The second kappa shape index (κ2) is 6.75. The molecule has 7 nitrogen and oxygen atoms in total. The summed E-state index contributed by atoms with van der Waals surface area (Å²) >= 11 is 0. The van der Waals surface area contributed by atoms with Crippen molar-refractivity contribution in [2.45, 2.75) is 26.0 Å². The maximum Gasteiger partial charge on any atom is 0.328 e. The molecule has 1 aliphatic rings. The summed E-state index contributed by atoms with van der Waals surface area (Å²) in [6.07, 6.45) is 0.640. The number of nitrogens with zero attached hydrogens (tertiary/aromatic N) is 1. The molecule has 0 aliphatic carbocycles. The molecule has 7 heteroatoms. The first-order chi connectivity index (χ1) is 13.1. The van der Waals surface area contributed by atoms with Crippen LogP contribution in [-0.2, 0) is 13.0 Å². The normalized spacial score (nSPS) is 15.4. The molecule has 4 rings (SSSR count). The van der Waals surface area contributed by atoms with Gasteiger partial charge in [0.1, 0.15) is 11.9 Å². The molecular formula is C20H19N3O4.